The summed E-state index contributed by atoms with van der Waals surface area (Å²) in [5.74, 6) is 0.862. The quantitative estimate of drug-likeness (QED) is 0.762. The summed E-state index contributed by atoms with van der Waals surface area (Å²) < 4.78 is 12.9. The Labute approximate surface area is 176 Å². The van der Waals surface area contributed by atoms with E-state index in [4.69, 9.17) is 9.47 Å². The van der Waals surface area contributed by atoms with Crippen molar-refractivity contribution < 1.29 is 19.1 Å². The number of fused-ring (bicyclic) bond motifs is 1. The lowest BCUT2D eigenvalue weighted by Crippen LogP contribution is -2.40. The molecule has 8 nitrogen and oxygen atoms in total. The summed E-state index contributed by atoms with van der Waals surface area (Å²) in [6, 6.07) is 7.81. The molecule has 0 aliphatic carbocycles. The monoisotopic (exact) mass is 412 g/mol. The van der Waals surface area contributed by atoms with Gasteiger partial charge in [-0.25, -0.2) is 0 Å². The Bertz CT molecular complexity index is 914. The average molecular weight is 412 g/mol. The molecule has 3 heterocycles. The van der Waals surface area contributed by atoms with E-state index in [0.717, 1.165) is 22.6 Å². The van der Waals surface area contributed by atoms with Gasteiger partial charge in [-0.15, -0.1) is 0 Å². The second-order valence-electron chi connectivity index (χ2n) is 7.80. The molecule has 0 radical (unpaired) electrons. The first-order valence-electron chi connectivity index (χ1n) is 10.4. The van der Waals surface area contributed by atoms with Gasteiger partial charge in [-0.1, -0.05) is 12.1 Å². The highest BCUT2D eigenvalue weighted by Crippen LogP contribution is 2.26. The average Bonchev–Trinajstić information content (AvgIpc) is 2.97. The van der Waals surface area contributed by atoms with Crippen LogP contribution in [0.2, 0.25) is 0 Å². The molecule has 1 saturated heterocycles. The molecule has 4 rings (SSSR count). The standard InChI is InChI=1S/C22H28N4O4/c1-16-13-19(23-24(16)2)22(28)26-9-12-30-20-5-3-17(14-18(20)15-26)4-6-21(27)25-7-10-29-11-8-25/h3,5,13-14H,4,6-12,15H2,1-2H3. The minimum Gasteiger partial charge on any atom is -0.491 e. The van der Waals surface area contributed by atoms with Gasteiger partial charge in [-0.2, -0.15) is 5.10 Å². The lowest BCUT2D eigenvalue weighted by Gasteiger charge is -2.26. The number of amides is 2. The molecule has 1 fully saturated rings. The van der Waals surface area contributed by atoms with Crippen LogP contribution in [0.25, 0.3) is 0 Å². The number of aromatic nitrogens is 2. The minimum atomic E-state index is -0.0944. The molecule has 2 aromatic rings. The Hall–Kier alpha value is -2.87. The van der Waals surface area contributed by atoms with Crippen molar-refractivity contribution in [3.63, 3.8) is 0 Å². The predicted molar refractivity (Wildman–Crippen MR) is 110 cm³/mol. The van der Waals surface area contributed by atoms with E-state index in [-0.39, 0.29) is 11.8 Å². The van der Waals surface area contributed by atoms with Crippen molar-refractivity contribution in [2.45, 2.75) is 26.3 Å². The molecule has 0 bridgehead atoms. The zero-order valence-electron chi connectivity index (χ0n) is 17.6. The van der Waals surface area contributed by atoms with Crippen LogP contribution in [0, 0.1) is 6.92 Å². The predicted octanol–water partition coefficient (Wildman–Crippen LogP) is 1.55. The molecule has 1 aromatic heterocycles. The Morgan fingerprint density at radius 1 is 1.07 bits per heavy atom. The van der Waals surface area contributed by atoms with Gasteiger partial charge in [0.05, 0.1) is 19.8 Å². The number of nitrogens with zero attached hydrogens (tertiary/aromatic N) is 4. The summed E-state index contributed by atoms with van der Waals surface area (Å²) in [5.41, 5.74) is 3.43. The summed E-state index contributed by atoms with van der Waals surface area (Å²) in [4.78, 5) is 29.0. The number of hydrogen-bond donors (Lipinski definition) is 0. The molecule has 1 aromatic carbocycles. The van der Waals surface area contributed by atoms with Crippen LogP contribution in [0.15, 0.2) is 24.3 Å². The minimum absolute atomic E-state index is 0.0944. The van der Waals surface area contributed by atoms with Gasteiger partial charge in [0.1, 0.15) is 12.4 Å². The van der Waals surface area contributed by atoms with Crippen LogP contribution < -0.4 is 4.74 Å². The molecule has 2 amide bonds. The number of ether oxygens (including phenoxy) is 2. The van der Waals surface area contributed by atoms with E-state index in [9.17, 15) is 9.59 Å². The Balaban J connectivity index is 1.43. The van der Waals surface area contributed by atoms with Crippen LogP contribution in [0.4, 0.5) is 0 Å². The number of hydrogen-bond acceptors (Lipinski definition) is 5. The second kappa shape index (κ2) is 8.87. The fraction of sp³-hybridized carbons (Fsp3) is 0.500. The van der Waals surface area contributed by atoms with Gasteiger partial charge in [0.25, 0.3) is 5.91 Å². The van der Waals surface area contributed by atoms with Crippen molar-refractivity contribution in [1.82, 2.24) is 19.6 Å². The van der Waals surface area contributed by atoms with Crippen LogP contribution in [-0.2, 0) is 29.5 Å². The zero-order valence-corrected chi connectivity index (χ0v) is 17.6. The SMILES string of the molecule is Cc1cc(C(=O)N2CCOc3ccc(CCC(=O)N4CCOCC4)cc3C2)nn1C. The molecule has 160 valence electrons. The van der Waals surface area contributed by atoms with Gasteiger partial charge in [-0.05, 0) is 31.0 Å². The van der Waals surface area contributed by atoms with E-state index in [1.807, 2.05) is 37.1 Å². The van der Waals surface area contributed by atoms with Crippen LogP contribution in [-0.4, -0.2) is 70.8 Å². The van der Waals surface area contributed by atoms with E-state index in [1.165, 1.54) is 0 Å². The maximum atomic E-state index is 12.9. The fourth-order valence-corrected chi connectivity index (χ4v) is 3.83. The van der Waals surface area contributed by atoms with Gasteiger partial charge >= 0.3 is 0 Å². The smallest absolute Gasteiger partial charge is 0.274 e. The third kappa shape index (κ3) is 4.48. The number of morpholine rings is 1. The maximum Gasteiger partial charge on any atom is 0.274 e. The first-order valence-corrected chi connectivity index (χ1v) is 10.4. The lowest BCUT2D eigenvalue weighted by atomic mass is 10.0. The molecule has 0 saturated carbocycles. The van der Waals surface area contributed by atoms with Crippen molar-refractivity contribution in [2.75, 3.05) is 39.5 Å². The van der Waals surface area contributed by atoms with Crippen LogP contribution in [0.1, 0.15) is 33.7 Å². The Morgan fingerprint density at radius 3 is 2.57 bits per heavy atom. The molecule has 2 aliphatic rings. The number of carbonyl (C=O) groups is 2. The summed E-state index contributed by atoms with van der Waals surface area (Å²) in [5, 5.41) is 4.32. The summed E-state index contributed by atoms with van der Waals surface area (Å²) in [7, 11) is 1.83. The van der Waals surface area contributed by atoms with Gasteiger partial charge in [0.15, 0.2) is 5.69 Å². The molecule has 2 aliphatic heterocycles. The van der Waals surface area contributed by atoms with Gasteiger partial charge in [0.2, 0.25) is 5.91 Å². The third-order valence-corrected chi connectivity index (χ3v) is 5.72. The topological polar surface area (TPSA) is 76.9 Å². The molecule has 8 heteroatoms. The van der Waals surface area contributed by atoms with E-state index in [2.05, 4.69) is 11.2 Å². The highest BCUT2D eigenvalue weighted by molar-refractivity contribution is 5.92. The van der Waals surface area contributed by atoms with Gasteiger partial charge < -0.3 is 19.3 Å². The molecular weight excluding hydrogens is 384 g/mol. The van der Waals surface area contributed by atoms with Crippen molar-refractivity contribution in [3.05, 3.63) is 46.8 Å². The largest absolute Gasteiger partial charge is 0.491 e. The third-order valence-electron chi connectivity index (χ3n) is 5.72. The highest BCUT2D eigenvalue weighted by atomic mass is 16.5. The molecule has 0 unspecified atom stereocenters. The zero-order chi connectivity index (χ0) is 21.1. The summed E-state index contributed by atoms with van der Waals surface area (Å²) >= 11 is 0. The first kappa shape index (κ1) is 20.4. The highest BCUT2D eigenvalue weighted by Gasteiger charge is 2.24. The number of rotatable bonds is 4. The molecular formula is C22H28N4O4. The molecule has 0 spiro atoms. The van der Waals surface area contributed by atoms with Crippen molar-refractivity contribution in [2.24, 2.45) is 7.05 Å². The van der Waals surface area contributed by atoms with Gasteiger partial charge in [0, 0.05) is 44.4 Å². The van der Waals surface area contributed by atoms with Gasteiger partial charge in [-0.3, -0.25) is 14.3 Å². The summed E-state index contributed by atoms with van der Waals surface area (Å²) in [6.07, 6.45) is 1.13. The van der Waals surface area contributed by atoms with E-state index < -0.39 is 0 Å². The molecule has 30 heavy (non-hydrogen) atoms. The lowest BCUT2D eigenvalue weighted by molar-refractivity contribution is -0.135. The normalized spacial score (nSPS) is 16.6. The second-order valence-corrected chi connectivity index (χ2v) is 7.80. The Kier molecular flexibility index (Phi) is 6.03. The molecule has 0 N–H and O–H groups in total. The van der Waals surface area contributed by atoms with E-state index in [0.29, 0.717) is 64.5 Å². The Morgan fingerprint density at radius 2 is 1.83 bits per heavy atom. The van der Waals surface area contributed by atoms with E-state index in [1.54, 1.807) is 9.58 Å². The van der Waals surface area contributed by atoms with Crippen molar-refractivity contribution >= 4 is 11.8 Å². The van der Waals surface area contributed by atoms with Crippen LogP contribution >= 0.6 is 0 Å². The van der Waals surface area contributed by atoms with Crippen LogP contribution in [0.5, 0.6) is 5.75 Å². The number of benzene rings is 1. The number of aryl methyl sites for hydroxylation is 3. The van der Waals surface area contributed by atoms with E-state index >= 15 is 0 Å². The molecule has 0 atom stereocenters. The van der Waals surface area contributed by atoms with Crippen LogP contribution in [0.3, 0.4) is 0 Å². The fourth-order valence-electron chi connectivity index (χ4n) is 3.83. The number of carbonyl (C=O) groups excluding carboxylic acids is 2. The van der Waals surface area contributed by atoms with Crippen molar-refractivity contribution in [1.29, 1.82) is 0 Å². The first-order chi connectivity index (χ1) is 14.5. The summed E-state index contributed by atoms with van der Waals surface area (Å²) in [6.45, 7) is 5.91. The van der Waals surface area contributed by atoms with Crippen molar-refractivity contribution in [3.8, 4) is 5.75 Å². The maximum absolute atomic E-state index is 12.9.